The Morgan fingerprint density at radius 3 is 2.00 bits per heavy atom. The van der Waals surface area contributed by atoms with Crippen LogP contribution in [0, 0.1) is 0 Å². The van der Waals surface area contributed by atoms with Crippen LogP contribution in [0.2, 0.25) is 0 Å². The van der Waals surface area contributed by atoms with Gasteiger partial charge in [-0.25, -0.2) is 13.6 Å². The summed E-state index contributed by atoms with van der Waals surface area (Å²) in [5.41, 5.74) is 0. The summed E-state index contributed by atoms with van der Waals surface area (Å²) in [5.74, 6) is 0.115. The van der Waals surface area contributed by atoms with Crippen LogP contribution in [0.25, 0.3) is 0 Å². The Hall–Kier alpha value is -0.160. The Morgan fingerprint density at radius 1 is 1.44 bits per heavy atom. The van der Waals surface area contributed by atoms with Crippen molar-refractivity contribution in [3.63, 3.8) is 0 Å². The lowest BCUT2D eigenvalue weighted by molar-refractivity contribution is 0.594. The first kappa shape index (κ1) is 11.6. The van der Waals surface area contributed by atoms with Gasteiger partial charge in [0, 0.05) is 0 Å². The van der Waals surface area contributed by atoms with E-state index in [1.807, 2.05) is 6.92 Å². The van der Waals surface area contributed by atoms with Gasteiger partial charge in [-0.2, -0.15) is 0 Å². The maximum atomic E-state index is 10.2. The highest BCUT2D eigenvalue weighted by Crippen LogP contribution is 1.88. The van der Waals surface area contributed by atoms with Gasteiger partial charge in [-0.3, -0.25) is 4.70 Å². The Kier molecular flexibility index (Phi) is 6.06. The predicted molar refractivity (Wildman–Crippen MR) is 35.4 cm³/mol. The van der Waals surface area contributed by atoms with E-state index in [1.54, 1.807) is 0 Å². The summed E-state index contributed by atoms with van der Waals surface area (Å²) < 4.78 is 20.3. The first-order valence-corrected chi connectivity index (χ1v) is 4.28. The number of hydrogen-bond acceptors (Lipinski definition) is 2. The zero-order valence-electron chi connectivity index (χ0n) is 5.33. The summed E-state index contributed by atoms with van der Waals surface area (Å²) in [7, 11) is -3.19. The number of primary sulfonamides is 1. The van der Waals surface area contributed by atoms with Crippen molar-refractivity contribution >= 4 is 10.0 Å². The van der Waals surface area contributed by atoms with Gasteiger partial charge in [-0.1, -0.05) is 13.3 Å². The molecule has 0 aliphatic heterocycles. The number of nitrogens with two attached hydrogens (primary N) is 1. The molecule has 0 aromatic carbocycles. The highest BCUT2D eigenvalue weighted by molar-refractivity contribution is 7.89. The highest BCUT2D eigenvalue weighted by atomic mass is 32.2. The molecule has 0 aromatic heterocycles. The number of halogens is 1. The van der Waals surface area contributed by atoms with E-state index in [2.05, 4.69) is 0 Å². The van der Waals surface area contributed by atoms with Gasteiger partial charge in [0.15, 0.2) is 0 Å². The molecule has 0 amide bonds. The molecule has 0 aliphatic carbocycles. The Balaban J connectivity index is 0. The summed E-state index contributed by atoms with van der Waals surface area (Å²) in [6, 6.07) is 0. The van der Waals surface area contributed by atoms with E-state index in [9.17, 15) is 8.42 Å². The smallest absolute Gasteiger partial charge is 0.209 e. The SMILES string of the molecule is CCCCS(N)(=O)=O.F. The lowest BCUT2D eigenvalue weighted by Crippen LogP contribution is -2.15. The minimum absolute atomic E-state index is 0. The fourth-order valence-corrected chi connectivity index (χ4v) is 1.04. The van der Waals surface area contributed by atoms with E-state index in [0.717, 1.165) is 6.42 Å². The zero-order valence-corrected chi connectivity index (χ0v) is 6.15. The maximum absolute atomic E-state index is 10.2. The minimum atomic E-state index is -3.19. The highest BCUT2D eigenvalue weighted by Gasteiger charge is 1.98. The third-order valence-electron chi connectivity index (χ3n) is 0.782. The minimum Gasteiger partial charge on any atom is -0.269 e. The quantitative estimate of drug-likeness (QED) is 0.637. The molecule has 0 atom stereocenters. The number of rotatable bonds is 3. The van der Waals surface area contributed by atoms with E-state index in [-0.39, 0.29) is 10.5 Å². The molecule has 2 N–H and O–H groups in total. The second kappa shape index (κ2) is 4.69. The third-order valence-corrected chi connectivity index (χ3v) is 1.64. The van der Waals surface area contributed by atoms with Crippen molar-refractivity contribution in [2.45, 2.75) is 19.8 Å². The summed E-state index contributed by atoms with van der Waals surface area (Å²) >= 11 is 0. The number of unbranched alkanes of at least 4 members (excludes halogenated alkanes) is 1. The van der Waals surface area contributed by atoms with E-state index in [1.165, 1.54) is 0 Å². The van der Waals surface area contributed by atoms with Crippen molar-refractivity contribution in [1.29, 1.82) is 0 Å². The van der Waals surface area contributed by atoms with Crippen LogP contribution in [0.4, 0.5) is 4.70 Å². The van der Waals surface area contributed by atoms with Crippen LogP contribution in [0.1, 0.15) is 19.8 Å². The Morgan fingerprint density at radius 2 is 1.89 bits per heavy atom. The average molecular weight is 157 g/mol. The monoisotopic (exact) mass is 157 g/mol. The second-order valence-electron chi connectivity index (χ2n) is 1.72. The topological polar surface area (TPSA) is 60.2 Å². The van der Waals surface area contributed by atoms with Crippen molar-refractivity contribution in [2.24, 2.45) is 5.14 Å². The van der Waals surface area contributed by atoms with E-state index < -0.39 is 10.0 Å². The average Bonchev–Trinajstić information content (AvgIpc) is 1.59. The molecule has 0 saturated heterocycles. The molecular weight excluding hydrogens is 145 g/mol. The predicted octanol–water partition coefficient (Wildman–Crippen LogP) is 0.227. The summed E-state index contributed by atoms with van der Waals surface area (Å²) in [6.07, 6.45) is 1.54. The summed E-state index contributed by atoms with van der Waals surface area (Å²) in [5, 5.41) is 4.69. The standard InChI is InChI=1S/C4H11NO2S.FH/c1-2-3-4-8(5,6)7;/h2-4H2,1H3,(H2,5,6,7);1H. The fourth-order valence-electron chi connectivity index (χ4n) is 0.346. The molecule has 0 bridgehead atoms. The molecule has 0 aromatic rings. The molecule has 5 heteroatoms. The molecule has 0 heterocycles. The molecule has 0 spiro atoms. The first-order chi connectivity index (χ1) is 3.56. The molecule has 0 unspecified atom stereocenters. The summed E-state index contributed by atoms with van der Waals surface area (Å²) in [6.45, 7) is 1.92. The third kappa shape index (κ3) is 11.4. The lowest BCUT2D eigenvalue weighted by Gasteiger charge is -1.91. The first-order valence-electron chi connectivity index (χ1n) is 2.56. The van der Waals surface area contributed by atoms with E-state index in [0.29, 0.717) is 6.42 Å². The molecule has 9 heavy (non-hydrogen) atoms. The molecule has 0 radical (unpaired) electrons. The van der Waals surface area contributed by atoms with Crippen LogP contribution >= 0.6 is 0 Å². The molecule has 0 saturated carbocycles. The van der Waals surface area contributed by atoms with Crippen molar-refractivity contribution in [3.05, 3.63) is 0 Å². The van der Waals surface area contributed by atoms with Gasteiger partial charge in [0.1, 0.15) is 0 Å². The van der Waals surface area contributed by atoms with Crippen LogP contribution < -0.4 is 5.14 Å². The van der Waals surface area contributed by atoms with Gasteiger partial charge in [0.25, 0.3) is 0 Å². The molecular formula is C4H12FNO2S. The van der Waals surface area contributed by atoms with Crippen LogP contribution in [-0.4, -0.2) is 14.2 Å². The van der Waals surface area contributed by atoms with Crippen molar-refractivity contribution in [2.75, 3.05) is 5.75 Å². The summed E-state index contributed by atoms with van der Waals surface area (Å²) in [4.78, 5) is 0. The zero-order chi connectivity index (χ0) is 6.62. The molecule has 0 aliphatic rings. The Bertz CT molecular complexity index is 143. The molecule has 3 nitrogen and oxygen atoms in total. The van der Waals surface area contributed by atoms with Gasteiger partial charge in [-0.05, 0) is 6.42 Å². The van der Waals surface area contributed by atoms with Crippen molar-refractivity contribution in [1.82, 2.24) is 0 Å². The van der Waals surface area contributed by atoms with E-state index >= 15 is 0 Å². The molecule has 58 valence electrons. The van der Waals surface area contributed by atoms with Gasteiger partial charge in [0.2, 0.25) is 10.0 Å². The van der Waals surface area contributed by atoms with Gasteiger partial charge >= 0.3 is 0 Å². The second-order valence-corrected chi connectivity index (χ2v) is 3.45. The largest absolute Gasteiger partial charge is 0.269 e. The molecule has 0 fully saturated rings. The number of sulfonamides is 1. The van der Waals surface area contributed by atoms with Crippen LogP contribution in [0.3, 0.4) is 0 Å². The lowest BCUT2D eigenvalue weighted by atomic mass is 10.4. The van der Waals surface area contributed by atoms with Crippen LogP contribution in [0.5, 0.6) is 0 Å². The fraction of sp³-hybridized carbons (Fsp3) is 1.00. The maximum Gasteiger partial charge on any atom is 0.209 e. The van der Waals surface area contributed by atoms with E-state index in [4.69, 9.17) is 5.14 Å². The van der Waals surface area contributed by atoms with Crippen LogP contribution in [0.15, 0.2) is 0 Å². The van der Waals surface area contributed by atoms with Crippen LogP contribution in [-0.2, 0) is 10.0 Å². The Labute approximate surface area is 54.7 Å². The van der Waals surface area contributed by atoms with Gasteiger partial charge in [0.05, 0.1) is 5.75 Å². The number of hydrogen-bond donors (Lipinski definition) is 1. The van der Waals surface area contributed by atoms with Crippen molar-refractivity contribution in [3.8, 4) is 0 Å². The van der Waals surface area contributed by atoms with Gasteiger partial charge < -0.3 is 0 Å². The van der Waals surface area contributed by atoms with Crippen molar-refractivity contribution < 1.29 is 13.1 Å². The molecule has 0 rings (SSSR count). The van der Waals surface area contributed by atoms with Gasteiger partial charge in [-0.15, -0.1) is 0 Å². The normalized spacial score (nSPS) is 10.4.